The van der Waals surface area contributed by atoms with Gasteiger partial charge in [0.2, 0.25) is 11.8 Å². The number of likely N-dealkylation sites (tertiary alicyclic amines) is 1. The number of piperidine rings is 1. The highest BCUT2D eigenvalue weighted by atomic mass is 16.5. The second kappa shape index (κ2) is 6.79. The third-order valence-electron chi connectivity index (χ3n) is 4.19. The highest BCUT2D eigenvalue weighted by Crippen LogP contribution is 2.23. The van der Waals surface area contributed by atoms with E-state index in [4.69, 9.17) is 10.3 Å². The fourth-order valence-electron chi connectivity index (χ4n) is 2.73. The van der Waals surface area contributed by atoms with Crippen LogP contribution in [0.25, 0.3) is 0 Å². The summed E-state index contributed by atoms with van der Waals surface area (Å²) in [7, 11) is 0. The molecule has 0 saturated carbocycles. The van der Waals surface area contributed by atoms with Gasteiger partial charge in [0.25, 0.3) is 0 Å². The minimum Gasteiger partial charge on any atom is -0.338 e. The van der Waals surface area contributed by atoms with Crippen LogP contribution in [0.15, 0.2) is 10.6 Å². The van der Waals surface area contributed by atoms with Crippen molar-refractivity contribution in [2.45, 2.75) is 52.0 Å². The molecule has 1 aliphatic heterocycles. The Morgan fingerprint density at radius 3 is 2.91 bits per heavy atom. The van der Waals surface area contributed by atoms with Crippen LogP contribution in [0.5, 0.6) is 0 Å². The second-order valence-corrected chi connectivity index (χ2v) is 7.37. The summed E-state index contributed by atoms with van der Waals surface area (Å²) in [4.78, 5) is 14.3. The molecule has 2 atom stereocenters. The molecule has 2 rings (SSSR count). The highest BCUT2D eigenvalue weighted by Gasteiger charge is 2.24. The topological polar surface area (TPSA) is 84.4 Å². The molecular formula is C16H28N4O2. The molecule has 0 spiro atoms. The number of anilines is 1. The molecule has 22 heavy (non-hydrogen) atoms. The number of nitrogens with one attached hydrogen (secondary N) is 1. The molecule has 1 amide bonds. The van der Waals surface area contributed by atoms with Gasteiger partial charge in [0.1, 0.15) is 0 Å². The van der Waals surface area contributed by atoms with E-state index in [1.54, 1.807) is 6.07 Å². The average molecular weight is 308 g/mol. The normalized spacial score (nSPS) is 21.6. The van der Waals surface area contributed by atoms with Gasteiger partial charge in [-0.3, -0.25) is 15.0 Å². The Labute approximate surface area is 132 Å². The molecule has 1 aliphatic rings. The molecule has 6 heteroatoms. The first-order valence-corrected chi connectivity index (χ1v) is 8.00. The Hall–Kier alpha value is -1.40. The van der Waals surface area contributed by atoms with E-state index in [1.165, 1.54) is 0 Å². The van der Waals surface area contributed by atoms with Crippen LogP contribution in [-0.2, 0) is 10.2 Å². The van der Waals surface area contributed by atoms with E-state index in [-0.39, 0.29) is 17.4 Å². The monoisotopic (exact) mass is 308 g/mol. The summed E-state index contributed by atoms with van der Waals surface area (Å²) in [5.74, 6) is 0.817. The van der Waals surface area contributed by atoms with Crippen LogP contribution in [0.4, 0.5) is 5.88 Å². The first-order chi connectivity index (χ1) is 10.3. The molecule has 1 aromatic rings. The van der Waals surface area contributed by atoms with Gasteiger partial charge < -0.3 is 10.3 Å². The summed E-state index contributed by atoms with van der Waals surface area (Å²) in [6.07, 6.45) is 2.24. The van der Waals surface area contributed by atoms with E-state index in [0.29, 0.717) is 18.3 Å². The lowest BCUT2D eigenvalue weighted by molar-refractivity contribution is -0.117. The minimum atomic E-state index is -0.0934. The van der Waals surface area contributed by atoms with Crippen LogP contribution in [0, 0.1) is 5.92 Å². The zero-order valence-electron chi connectivity index (χ0n) is 14.1. The third kappa shape index (κ3) is 4.55. The molecule has 0 aliphatic carbocycles. The van der Waals surface area contributed by atoms with Crippen molar-refractivity contribution >= 4 is 11.8 Å². The number of nitrogens with zero attached hydrogens (tertiary/aromatic N) is 2. The number of aromatic nitrogens is 1. The maximum atomic E-state index is 12.1. The molecule has 2 unspecified atom stereocenters. The van der Waals surface area contributed by atoms with Crippen molar-refractivity contribution in [1.82, 2.24) is 10.1 Å². The van der Waals surface area contributed by atoms with Gasteiger partial charge in [-0.15, -0.1) is 0 Å². The Balaban J connectivity index is 1.86. The molecule has 2 heterocycles. The number of hydrogen-bond acceptors (Lipinski definition) is 5. The van der Waals surface area contributed by atoms with Crippen LogP contribution >= 0.6 is 0 Å². The predicted molar refractivity (Wildman–Crippen MR) is 86.6 cm³/mol. The largest absolute Gasteiger partial charge is 0.338 e. The van der Waals surface area contributed by atoms with Crippen LogP contribution < -0.4 is 11.1 Å². The van der Waals surface area contributed by atoms with Crippen LogP contribution in [0.2, 0.25) is 0 Å². The van der Waals surface area contributed by atoms with Crippen molar-refractivity contribution in [3.63, 3.8) is 0 Å². The van der Waals surface area contributed by atoms with Gasteiger partial charge in [-0.25, -0.2) is 0 Å². The lowest BCUT2D eigenvalue weighted by Crippen LogP contribution is -2.45. The van der Waals surface area contributed by atoms with Crippen molar-refractivity contribution in [1.29, 1.82) is 0 Å². The van der Waals surface area contributed by atoms with Gasteiger partial charge in [0, 0.05) is 24.1 Å². The van der Waals surface area contributed by atoms with Crippen LogP contribution in [0.3, 0.4) is 0 Å². The van der Waals surface area contributed by atoms with Crippen LogP contribution in [0.1, 0.15) is 46.2 Å². The first kappa shape index (κ1) is 17.0. The Bertz CT molecular complexity index is 504. The first-order valence-electron chi connectivity index (χ1n) is 8.00. The zero-order chi connectivity index (χ0) is 16.3. The maximum absolute atomic E-state index is 12.1. The van der Waals surface area contributed by atoms with E-state index in [1.807, 2.05) is 6.92 Å². The molecule has 3 N–H and O–H groups in total. The Morgan fingerprint density at radius 1 is 1.59 bits per heavy atom. The lowest BCUT2D eigenvalue weighted by Gasteiger charge is -2.33. The molecule has 124 valence electrons. The second-order valence-electron chi connectivity index (χ2n) is 7.37. The minimum absolute atomic E-state index is 0.0677. The van der Waals surface area contributed by atoms with Gasteiger partial charge in [0.05, 0.1) is 12.2 Å². The number of hydrogen-bond donors (Lipinski definition) is 2. The van der Waals surface area contributed by atoms with Gasteiger partial charge in [-0.2, -0.15) is 0 Å². The van der Waals surface area contributed by atoms with Crippen molar-refractivity contribution < 1.29 is 9.32 Å². The molecule has 0 aromatic carbocycles. The molecule has 0 bridgehead atoms. The summed E-state index contributed by atoms with van der Waals surface area (Å²) in [5.41, 5.74) is 6.71. The van der Waals surface area contributed by atoms with Crippen LogP contribution in [-0.4, -0.2) is 41.6 Å². The highest BCUT2D eigenvalue weighted by molar-refractivity contribution is 5.91. The lowest BCUT2D eigenvalue weighted by atomic mass is 9.92. The third-order valence-corrected chi connectivity index (χ3v) is 4.19. The SMILES string of the molecule is CC(N)C1CCCN(CC(=O)Nc2cc(C(C)(C)C)no2)C1. The summed E-state index contributed by atoms with van der Waals surface area (Å²) in [6, 6.07) is 1.97. The van der Waals surface area contributed by atoms with Crippen molar-refractivity contribution in [2.24, 2.45) is 11.7 Å². The Kier molecular flexibility index (Phi) is 5.24. The van der Waals surface area contributed by atoms with E-state index in [0.717, 1.165) is 31.6 Å². The number of carbonyl (C=O) groups excluding carboxylic acids is 1. The van der Waals surface area contributed by atoms with E-state index in [2.05, 4.69) is 36.1 Å². The fourth-order valence-corrected chi connectivity index (χ4v) is 2.73. The van der Waals surface area contributed by atoms with Crippen molar-refractivity contribution in [3.8, 4) is 0 Å². The molecule has 0 radical (unpaired) electrons. The van der Waals surface area contributed by atoms with E-state index >= 15 is 0 Å². The molecule has 1 aromatic heterocycles. The van der Waals surface area contributed by atoms with Crippen molar-refractivity contribution in [2.75, 3.05) is 25.0 Å². The fraction of sp³-hybridized carbons (Fsp3) is 0.750. The standard InChI is InChI=1S/C16H28N4O2/c1-11(17)12-6-5-7-20(9-12)10-14(21)18-15-8-13(19-22-15)16(2,3)4/h8,11-12H,5-7,9-10,17H2,1-4H3,(H,18,21). The molecular weight excluding hydrogens is 280 g/mol. The molecule has 1 fully saturated rings. The summed E-state index contributed by atoms with van der Waals surface area (Å²) in [6.45, 7) is 10.4. The number of carbonyl (C=O) groups is 1. The predicted octanol–water partition coefficient (Wildman–Crippen LogP) is 1.97. The number of amides is 1. The average Bonchev–Trinajstić information content (AvgIpc) is 2.87. The van der Waals surface area contributed by atoms with Crippen molar-refractivity contribution in [3.05, 3.63) is 11.8 Å². The zero-order valence-corrected chi connectivity index (χ0v) is 14.1. The van der Waals surface area contributed by atoms with Gasteiger partial charge >= 0.3 is 0 Å². The van der Waals surface area contributed by atoms with Gasteiger partial charge in [-0.05, 0) is 32.2 Å². The number of nitrogens with two attached hydrogens (primary N) is 1. The number of rotatable bonds is 4. The van der Waals surface area contributed by atoms with E-state index in [9.17, 15) is 4.79 Å². The molecule has 1 saturated heterocycles. The summed E-state index contributed by atoms with van der Waals surface area (Å²) < 4.78 is 5.19. The smallest absolute Gasteiger partial charge is 0.240 e. The summed E-state index contributed by atoms with van der Waals surface area (Å²) >= 11 is 0. The van der Waals surface area contributed by atoms with E-state index < -0.39 is 0 Å². The maximum Gasteiger partial charge on any atom is 0.240 e. The quantitative estimate of drug-likeness (QED) is 0.888. The van der Waals surface area contributed by atoms with Gasteiger partial charge in [0.15, 0.2) is 0 Å². The summed E-state index contributed by atoms with van der Waals surface area (Å²) in [5, 5.41) is 6.79. The Morgan fingerprint density at radius 2 is 2.32 bits per heavy atom. The molecule has 6 nitrogen and oxygen atoms in total. The van der Waals surface area contributed by atoms with Gasteiger partial charge in [-0.1, -0.05) is 25.9 Å².